The minimum atomic E-state index is -4.00. The van der Waals surface area contributed by atoms with Crippen molar-refractivity contribution in [1.82, 2.24) is 9.46 Å². The van der Waals surface area contributed by atoms with Gasteiger partial charge in [0.15, 0.2) is 10.7 Å². The maximum Gasteiger partial charge on any atom is 0.248 e. The van der Waals surface area contributed by atoms with Crippen LogP contribution in [-0.4, -0.2) is 43.9 Å². The largest absolute Gasteiger partial charge is 0.355 e. The Morgan fingerprint density at radius 2 is 1.86 bits per heavy atom. The van der Waals surface area contributed by atoms with E-state index in [4.69, 9.17) is 4.52 Å². The molecule has 7 nitrogen and oxygen atoms in total. The molecule has 1 saturated heterocycles. The van der Waals surface area contributed by atoms with E-state index >= 15 is 0 Å². The number of sulfonamides is 1. The number of carbonyl (C=O) groups excluding carboxylic acids is 1. The molecule has 1 aromatic heterocycles. The molecule has 4 rings (SSSR count). The number of anilines is 1. The van der Waals surface area contributed by atoms with Crippen LogP contribution in [-0.2, 0) is 14.8 Å². The Labute approximate surface area is 204 Å². The number of carbonyl (C=O) groups is 1. The smallest absolute Gasteiger partial charge is 0.248 e. The molecule has 0 saturated carbocycles. The lowest BCUT2D eigenvalue weighted by Gasteiger charge is -2.33. The fourth-order valence-corrected chi connectivity index (χ4v) is 6.01. The third-order valence-electron chi connectivity index (χ3n) is 6.24. The number of piperidine rings is 1. The van der Waals surface area contributed by atoms with E-state index in [1.54, 1.807) is 37.1 Å². The molecule has 0 spiro atoms. The number of hydrogen-bond donors (Lipinski definition) is 0. The fourth-order valence-electron chi connectivity index (χ4n) is 4.24. The summed E-state index contributed by atoms with van der Waals surface area (Å²) in [6, 6.07) is 13.8. The third-order valence-corrected chi connectivity index (χ3v) is 8.26. The standard InChI is InChI=1S/C26H28FN3O4S/c1-18-10-13-22(14-11-18)29(3)26(31)21-8-6-16-30(17-21)35(32,33)25-19(2)28-34-24(25)15-12-20-7-4-5-9-23(20)27/h4-5,7,9-15,21H,6,8,16-17H2,1-3H3. The molecule has 1 atom stereocenters. The predicted molar refractivity (Wildman–Crippen MR) is 133 cm³/mol. The molecule has 1 fully saturated rings. The van der Waals surface area contributed by atoms with Crippen LogP contribution in [0.15, 0.2) is 57.9 Å². The second-order valence-electron chi connectivity index (χ2n) is 8.75. The summed E-state index contributed by atoms with van der Waals surface area (Å²) in [7, 11) is -2.29. The van der Waals surface area contributed by atoms with Crippen LogP contribution in [0.25, 0.3) is 12.2 Å². The summed E-state index contributed by atoms with van der Waals surface area (Å²) in [4.78, 5) is 14.7. The number of benzene rings is 2. The van der Waals surface area contributed by atoms with Gasteiger partial charge in [0.1, 0.15) is 11.5 Å². The van der Waals surface area contributed by atoms with Gasteiger partial charge in [-0.2, -0.15) is 4.31 Å². The van der Waals surface area contributed by atoms with Crippen LogP contribution in [0.4, 0.5) is 10.1 Å². The van der Waals surface area contributed by atoms with Gasteiger partial charge >= 0.3 is 0 Å². The SMILES string of the molecule is Cc1ccc(N(C)C(=O)C2CCCN(S(=O)(=O)c3c(C)noc3C=Cc3ccccc3F)C2)cc1. The fraction of sp³-hybridized carbons (Fsp3) is 0.308. The molecule has 184 valence electrons. The molecule has 1 amide bonds. The molecular weight excluding hydrogens is 469 g/mol. The maximum atomic E-state index is 14.0. The number of amides is 1. The number of rotatable bonds is 6. The molecule has 1 aliphatic rings. The first-order valence-electron chi connectivity index (χ1n) is 11.4. The van der Waals surface area contributed by atoms with Gasteiger partial charge in [0.05, 0.1) is 5.92 Å². The van der Waals surface area contributed by atoms with Crippen LogP contribution in [0, 0.1) is 25.6 Å². The Hall–Kier alpha value is -3.30. The van der Waals surface area contributed by atoms with Crippen molar-refractivity contribution in [2.45, 2.75) is 31.6 Å². The van der Waals surface area contributed by atoms with Crippen molar-refractivity contribution < 1.29 is 22.1 Å². The molecule has 1 aliphatic heterocycles. The topological polar surface area (TPSA) is 83.7 Å². The summed E-state index contributed by atoms with van der Waals surface area (Å²) in [5.41, 5.74) is 2.36. The van der Waals surface area contributed by atoms with E-state index < -0.39 is 21.8 Å². The van der Waals surface area contributed by atoms with Gasteiger partial charge in [-0.05, 0) is 57.0 Å². The van der Waals surface area contributed by atoms with Gasteiger partial charge in [0.25, 0.3) is 0 Å². The normalized spacial score (nSPS) is 17.1. The van der Waals surface area contributed by atoms with Gasteiger partial charge in [-0.3, -0.25) is 4.79 Å². The Bertz CT molecular complexity index is 1350. The molecule has 1 unspecified atom stereocenters. The third kappa shape index (κ3) is 5.21. The molecule has 0 N–H and O–H groups in total. The Morgan fingerprint density at radius 1 is 1.14 bits per heavy atom. The van der Waals surface area contributed by atoms with E-state index in [-0.39, 0.29) is 28.8 Å². The van der Waals surface area contributed by atoms with Gasteiger partial charge in [0.2, 0.25) is 15.9 Å². The zero-order chi connectivity index (χ0) is 25.2. The van der Waals surface area contributed by atoms with Crippen molar-refractivity contribution in [3.05, 3.63) is 76.9 Å². The summed E-state index contributed by atoms with van der Waals surface area (Å²) in [5.74, 6) is -1.01. The first-order valence-corrected chi connectivity index (χ1v) is 12.9. The highest BCUT2D eigenvalue weighted by molar-refractivity contribution is 7.89. The minimum absolute atomic E-state index is 0.0241. The monoisotopic (exact) mass is 497 g/mol. The number of hydrogen-bond acceptors (Lipinski definition) is 5. The molecule has 0 bridgehead atoms. The molecule has 0 radical (unpaired) electrons. The highest BCUT2D eigenvalue weighted by atomic mass is 32.2. The number of aryl methyl sites for hydroxylation is 2. The maximum absolute atomic E-state index is 14.0. The zero-order valence-electron chi connectivity index (χ0n) is 19.9. The van der Waals surface area contributed by atoms with Crippen molar-refractivity contribution in [3.8, 4) is 0 Å². The summed E-state index contributed by atoms with van der Waals surface area (Å²) in [6.45, 7) is 3.89. The highest BCUT2D eigenvalue weighted by Gasteiger charge is 2.37. The number of nitrogens with zero attached hydrogens (tertiary/aromatic N) is 3. The van der Waals surface area contributed by atoms with Crippen LogP contribution in [0.1, 0.15) is 35.4 Å². The average Bonchev–Trinajstić information content (AvgIpc) is 3.24. The first kappa shape index (κ1) is 24.8. The highest BCUT2D eigenvalue weighted by Crippen LogP contribution is 2.30. The Kier molecular flexibility index (Phi) is 7.18. The summed E-state index contributed by atoms with van der Waals surface area (Å²) in [5, 5.41) is 3.84. The summed E-state index contributed by atoms with van der Waals surface area (Å²) in [6.07, 6.45) is 4.02. The summed E-state index contributed by atoms with van der Waals surface area (Å²) >= 11 is 0. The van der Waals surface area contributed by atoms with Crippen molar-refractivity contribution in [1.29, 1.82) is 0 Å². The van der Waals surface area contributed by atoms with Gasteiger partial charge in [-0.1, -0.05) is 41.1 Å². The van der Waals surface area contributed by atoms with E-state index in [0.717, 1.165) is 11.3 Å². The van der Waals surface area contributed by atoms with E-state index in [9.17, 15) is 17.6 Å². The molecule has 2 heterocycles. The summed E-state index contributed by atoms with van der Waals surface area (Å²) < 4.78 is 47.8. The average molecular weight is 498 g/mol. The Morgan fingerprint density at radius 3 is 2.57 bits per heavy atom. The molecule has 9 heteroatoms. The van der Waals surface area contributed by atoms with E-state index in [1.807, 2.05) is 31.2 Å². The zero-order valence-corrected chi connectivity index (χ0v) is 20.8. The van der Waals surface area contributed by atoms with Crippen LogP contribution in [0.3, 0.4) is 0 Å². The second kappa shape index (κ2) is 10.1. The van der Waals surface area contributed by atoms with Gasteiger partial charge in [-0.25, -0.2) is 12.8 Å². The van der Waals surface area contributed by atoms with Crippen molar-refractivity contribution >= 4 is 33.8 Å². The van der Waals surface area contributed by atoms with E-state index in [0.29, 0.717) is 24.9 Å². The van der Waals surface area contributed by atoms with Gasteiger partial charge in [-0.15, -0.1) is 0 Å². The quantitative estimate of drug-likeness (QED) is 0.494. The predicted octanol–water partition coefficient (Wildman–Crippen LogP) is 4.66. The lowest BCUT2D eigenvalue weighted by atomic mass is 9.98. The molecule has 35 heavy (non-hydrogen) atoms. The molecule has 3 aromatic rings. The lowest BCUT2D eigenvalue weighted by Crippen LogP contribution is -2.46. The van der Waals surface area contributed by atoms with Crippen molar-refractivity contribution in [2.24, 2.45) is 5.92 Å². The number of halogens is 1. The van der Waals surface area contributed by atoms with Crippen molar-refractivity contribution in [3.63, 3.8) is 0 Å². The lowest BCUT2D eigenvalue weighted by molar-refractivity contribution is -0.123. The van der Waals surface area contributed by atoms with E-state index in [2.05, 4.69) is 5.16 Å². The molecular formula is C26H28FN3O4S. The van der Waals surface area contributed by atoms with Crippen LogP contribution >= 0.6 is 0 Å². The van der Waals surface area contributed by atoms with E-state index in [1.165, 1.54) is 22.5 Å². The Balaban J connectivity index is 1.56. The minimum Gasteiger partial charge on any atom is -0.355 e. The first-order chi connectivity index (χ1) is 16.7. The van der Waals surface area contributed by atoms with Gasteiger partial charge in [0, 0.05) is 31.4 Å². The molecule has 2 aromatic carbocycles. The van der Waals surface area contributed by atoms with Crippen molar-refractivity contribution in [2.75, 3.05) is 25.0 Å². The van der Waals surface area contributed by atoms with Crippen LogP contribution in [0.5, 0.6) is 0 Å². The van der Waals surface area contributed by atoms with Crippen LogP contribution < -0.4 is 4.90 Å². The number of aromatic nitrogens is 1. The molecule has 0 aliphatic carbocycles. The van der Waals surface area contributed by atoms with Crippen LogP contribution in [0.2, 0.25) is 0 Å². The van der Waals surface area contributed by atoms with Gasteiger partial charge < -0.3 is 9.42 Å². The second-order valence-corrected chi connectivity index (χ2v) is 10.6.